The van der Waals surface area contributed by atoms with Gasteiger partial charge in [0.1, 0.15) is 11.8 Å². The lowest BCUT2D eigenvalue weighted by Crippen LogP contribution is -2.47. The van der Waals surface area contributed by atoms with Crippen LogP contribution in [0.15, 0.2) is 24.3 Å². The number of amides is 2. The van der Waals surface area contributed by atoms with Crippen molar-refractivity contribution >= 4 is 29.1 Å². The van der Waals surface area contributed by atoms with E-state index in [0.717, 1.165) is 0 Å². The third-order valence-corrected chi connectivity index (χ3v) is 4.68. The molecule has 0 aliphatic carbocycles. The fourth-order valence-corrected chi connectivity index (χ4v) is 2.52. The molecule has 1 aliphatic heterocycles. The van der Waals surface area contributed by atoms with Gasteiger partial charge in [0.15, 0.2) is 6.67 Å². The third kappa shape index (κ3) is 4.60. The molecule has 144 valence electrons. The van der Waals surface area contributed by atoms with E-state index in [2.05, 4.69) is 10.1 Å². The van der Waals surface area contributed by atoms with Gasteiger partial charge in [0.05, 0.1) is 5.41 Å². The molecule has 5 nitrogen and oxygen atoms in total. The number of nitrogens with one attached hydrogen (secondary N) is 1. The van der Waals surface area contributed by atoms with E-state index < -0.39 is 24.2 Å². The molecule has 1 atom stereocenters. The summed E-state index contributed by atoms with van der Waals surface area (Å²) in [5, 5.41) is 2.67. The fraction of sp³-hybridized carbons (Fsp3) is 0.529. The normalized spacial score (nSPS) is 18.2. The van der Waals surface area contributed by atoms with Crippen LogP contribution in [0.5, 0.6) is 5.75 Å². The van der Waals surface area contributed by atoms with E-state index in [4.69, 9.17) is 11.6 Å². The number of halogens is 4. The van der Waals surface area contributed by atoms with Crippen LogP contribution in [0.25, 0.3) is 0 Å². The maximum Gasteiger partial charge on any atom is 0.427 e. The van der Waals surface area contributed by atoms with Crippen LogP contribution in [-0.4, -0.2) is 43.1 Å². The number of rotatable bonds is 7. The van der Waals surface area contributed by atoms with E-state index in [1.54, 1.807) is 19.9 Å². The van der Waals surface area contributed by atoms with Crippen molar-refractivity contribution in [2.24, 2.45) is 5.41 Å². The summed E-state index contributed by atoms with van der Waals surface area (Å²) in [5.74, 6) is -0.856. The van der Waals surface area contributed by atoms with Crippen LogP contribution in [0, 0.1) is 5.41 Å². The van der Waals surface area contributed by atoms with Crippen molar-refractivity contribution in [1.29, 1.82) is 0 Å². The minimum atomic E-state index is -3.93. The third-order valence-electron chi connectivity index (χ3n) is 4.01. The second-order valence-electron chi connectivity index (χ2n) is 6.69. The van der Waals surface area contributed by atoms with Crippen molar-refractivity contribution in [2.75, 3.05) is 24.0 Å². The minimum Gasteiger partial charge on any atom is -0.431 e. The van der Waals surface area contributed by atoms with E-state index in [0.29, 0.717) is 18.7 Å². The molecule has 1 aromatic carbocycles. The average Bonchev–Trinajstić information content (AvgIpc) is 2.95. The Kier molecular flexibility index (Phi) is 6.05. The van der Waals surface area contributed by atoms with Gasteiger partial charge in [-0.05, 0) is 32.4 Å². The van der Waals surface area contributed by atoms with Gasteiger partial charge in [0.2, 0.25) is 11.8 Å². The summed E-state index contributed by atoms with van der Waals surface area (Å²) in [6, 6.07) is 4.73. The SMILES string of the molecule is CC(C)(CCl)C(=O)NC1CCN(c2cccc(OC(F)(F)CF)c2)C1=O. The van der Waals surface area contributed by atoms with Crippen LogP contribution < -0.4 is 15.0 Å². The number of ether oxygens (including phenoxy) is 1. The molecule has 1 saturated heterocycles. The molecule has 9 heteroatoms. The van der Waals surface area contributed by atoms with Gasteiger partial charge in [0, 0.05) is 24.2 Å². The van der Waals surface area contributed by atoms with E-state index in [-0.39, 0.29) is 23.4 Å². The second kappa shape index (κ2) is 7.73. The molecule has 1 N–H and O–H groups in total. The molecule has 1 heterocycles. The zero-order valence-corrected chi connectivity index (χ0v) is 15.2. The van der Waals surface area contributed by atoms with Crippen LogP contribution in [-0.2, 0) is 9.59 Å². The van der Waals surface area contributed by atoms with Crippen molar-refractivity contribution in [3.63, 3.8) is 0 Å². The average molecular weight is 393 g/mol. The molecular formula is C17H20ClF3N2O3. The second-order valence-corrected chi connectivity index (χ2v) is 6.96. The van der Waals surface area contributed by atoms with Gasteiger partial charge in [-0.3, -0.25) is 9.59 Å². The van der Waals surface area contributed by atoms with E-state index in [1.165, 1.54) is 23.1 Å². The lowest BCUT2D eigenvalue weighted by molar-refractivity contribution is -0.186. The van der Waals surface area contributed by atoms with E-state index in [9.17, 15) is 22.8 Å². The van der Waals surface area contributed by atoms with Gasteiger partial charge >= 0.3 is 6.11 Å². The van der Waals surface area contributed by atoms with E-state index in [1.807, 2.05) is 0 Å². The highest BCUT2D eigenvalue weighted by atomic mass is 35.5. The first-order valence-corrected chi connectivity index (χ1v) is 8.54. The highest BCUT2D eigenvalue weighted by molar-refractivity contribution is 6.20. The first-order chi connectivity index (χ1) is 12.1. The topological polar surface area (TPSA) is 58.6 Å². The van der Waals surface area contributed by atoms with Gasteiger partial charge in [-0.2, -0.15) is 8.78 Å². The Labute approximate surface area is 154 Å². The molecule has 1 aliphatic rings. The van der Waals surface area contributed by atoms with Crippen molar-refractivity contribution in [2.45, 2.75) is 32.4 Å². The molecule has 0 saturated carbocycles. The largest absolute Gasteiger partial charge is 0.431 e. The number of benzene rings is 1. The zero-order valence-electron chi connectivity index (χ0n) is 14.4. The monoisotopic (exact) mass is 392 g/mol. The summed E-state index contributed by atoms with van der Waals surface area (Å²) in [5.41, 5.74) is -0.489. The van der Waals surface area contributed by atoms with Crippen LogP contribution in [0.4, 0.5) is 18.9 Å². The molecule has 0 aromatic heterocycles. The smallest absolute Gasteiger partial charge is 0.427 e. The molecule has 1 unspecified atom stereocenters. The summed E-state index contributed by atoms with van der Waals surface area (Å²) in [7, 11) is 0. The molecule has 1 aromatic rings. The molecule has 2 rings (SSSR count). The molecule has 2 amide bonds. The standard InChI is InChI=1S/C17H20ClF3N2O3/c1-16(2,9-18)15(25)22-13-6-7-23(14(13)24)11-4-3-5-12(8-11)26-17(20,21)10-19/h3-5,8,13H,6-7,9-10H2,1-2H3,(H,22,25). The van der Waals surface area contributed by atoms with Gasteiger partial charge < -0.3 is 15.0 Å². The summed E-state index contributed by atoms with van der Waals surface area (Å²) in [6.45, 7) is 1.68. The van der Waals surface area contributed by atoms with Gasteiger partial charge in [-0.25, -0.2) is 4.39 Å². The Balaban J connectivity index is 2.09. The lowest BCUT2D eigenvalue weighted by Gasteiger charge is -2.23. The Bertz CT molecular complexity index is 685. The number of nitrogens with zero attached hydrogens (tertiary/aromatic N) is 1. The Morgan fingerprint density at radius 2 is 2.12 bits per heavy atom. The van der Waals surface area contributed by atoms with Gasteiger partial charge in [-0.15, -0.1) is 11.6 Å². The predicted octanol–water partition coefficient (Wildman–Crippen LogP) is 3.11. The molecule has 1 fully saturated rings. The number of anilines is 1. The predicted molar refractivity (Wildman–Crippen MR) is 91.4 cm³/mol. The fourth-order valence-electron chi connectivity index (χ4n) is 2.40. The van der Waals surface area contributed by atoms with E-state index >= 15 is 0 Å². The minimum absolute atomic E-state index is 0.103. The molecule has 0 spiro atoms. The van der Waals surface area contributed by atoms with Gasteiger partial charge in [0.25, 0.3) is 0 Å². The number of alkyl halides is 4. The summed E-state index contributed by atoms with van der Waals surface area (Å²) in [4.78, 5) is 26.1. The lowest BCUT2D eigenvalue weighted by atomic mass is 9.95. The van der Waals surface area contributed by atoms with Crippen molar-refractivity contribution in [1.82, 2.24) is 5.32 Å². The molecule has 0 bridgehead atoms. The first kappa shape index (κ1) is 20.4. The van der Waals surface area contributed by atoms with Gasteiger partial charge in [-0.1, -0.05) is 6.07 Å². The van der Waals surface area contributed by atoms with Crippen molar-refractivity contribution < 1.29 is 27.5 Å². The number of carbonyl (C=O) groups is 2. The number of hydrogen-bond acceptors (Lipinski definition) is 3. The molecule has 26 heavy (non-hydrogen) atoms. The van der Waals surface area contributed by atoms with Crippen LogP contribution >= 0.6 is 11.6 Å². The number of hydrogen-bond donors (Lipinski definition) is 1. The highest BCUT2D eigenvalue weighted by Gasteiger charge is 2.37. The summed E-state index contributed by atoms with van der Waals surface area (Å²) < 4.78 is 42.6. The Hall–Kier alpha value is -1.96. The van der Waals surface area contributed by atoms with Crippen LogP contribution in [0.2, 0.25) is 0 Å². The molecular weight excluding hydrogens is 373 g/mol. The zero-order chi connectivity index (χ0) is 19.5. The quantitative estimate of drug-likeness (QED) is 0.725. The maximum atomic E-state index is 13.0. The Morgan fingerprint density at radius 1 is 1.42 bits per heavy atom. The first-order valence-electron chi connectivity index (χ1n) is 8.01. The summed E-state index contributed by atoms with van der Waals surface area (Å²) >= 11 is 5.76. The Morgan fingerprint density at radius 3 is 2.73 bits per heavy atom. The number of carbonyl (C=O) groups excluding carboxylic acids is 2. The van der Waals surface area contributed by atoms with Crippen molar-refractivity contribution in [3.8, 4) is 5.75 Å². The highest BCUT2D eigenvalue weighted by Crippen LogP contribution is 2.29. The van der Waals surface area contributed by atoms with Crippen molar-refractivity contribution in [3.05, 3.63) is 24.3 Å². The summed E-state index contributed by atoms with van der Waals surface area (Å²) in [6.07, 6.45) is -3.56. The van der Waals surface area contributed by atoms with Crippen LogP contribution in [0.1, 0.15) is 20.3 Å². The molecule has 0 radical (unpaired) electrons. The van der Waals surface area contributed by atoms with Crippen LogP contribution in [0.3, 0.4) is 0 Å². The maximum absolute atomic E-state index is 13.0.